The van der Waals surface area contributed by atoms with Gasteiger partial charge in [-0.25, -0.2) is 12.7 Å². The van der Waals surface area contributed by atoms with Crippen molar-refractivity contribution in [2.24, 2.45) is 5.92 Å². The summed E-state index contributed by atoms with van der Waals surface area (Å²) in [5.74, 6) is 0.791. The zero-order valence-electron chi connectivity index (χ0n) is 16.7. The number of nitrogens with zero attached hydrogens (tertiary/aromatic N) is 2. The summed E-state index contributed by atoms with van der Waals surface area (Å²) >= 11 is 0. The van der Waals surface area contributed by atoms with E-state index in [9.17, 15) is 13.2 Å². The van der Waals surface area contributed by atoms with Gasteiger partial charge >= 0.3 is 0 Å². The summed E-state index contributed by atoms with van der Waals surface area (Å²) < 4.78 is 25.6. The van der Waals surface area contributed by atoms with Crippen LogP contribution < -0.4 is 0 Å². The van der Waals surface area contributed by atoms with E-state index in [-0.39, 0.29) is 17.6 Å². The molecule has 1 aromatic rings. The Labute approximate surface area is 163 Å². The Kier molecular flexibility index (Phi) is 6.26. The SMILES string of the molecule is CCS(=O)(=O)N1CCC(C(=O)N(Cc2ccc(C(C)C)cc2)C2CC2)CC1. The monoisotopic (exact) mass is 392 g/mol. The van der Waals surface area contributed by atoms with Gasteiger partial charge in [0.25, 0.3) is 0 Å². The summed E-state index contributed by atoms with van der Waals surface area (Å²) in [5, 5.41) is 0. The predicted octanol–water partition coefficient (Wildman–Crippen LogP) is 3.36. The van der Waals surface area contributed by atoms with Gasteiger partial charge in [0.1, 0.15) is 0 Å². The molecule has 0 N–H and O–H groups in total. The maximum Gasteiger partial charge on any atom is 0.226 e. The first-order valence-electron chi connectivity index (χ1n) is 10.2. The fourth-order valence-corrected chi connectivity index (χ4v) is 4.91. The highest BCUT2D eigenvalue weighted by atomic mass is 32.2. The lowest BCUT2D eigenvalue weighted by Crippen LogP contribution is -2.45. The predicted molar refractivity (Wildman–Crippen MR) is 108 cm³/mol. The van der Waals surface area contributed by atoms with E-state index in [1.165, 1.54) is 11.1 Å². The normalized spacial score (nSPS) is 19.4. The molecule has 0 unspecified atom stereocenters. The van der Waals surface area contributed by atoms with Crippen LogP contribution in [0.15, 0.2) is 24.3 Å². The highest BCUT2D eigenvalue weighted by molar-refractivity contribution is 7.89. The lowest BCUT2D eigenvalue weighted by atomic mass is 9.96. The molecule has 1 aliphatic heterocycles. The summed E-state index contributed by atoms with van der Waals surface area (Å²) in [6, 6.07) is 8.94. The fraction of sp³-hybridized carbons (Fsp3) is 0.667. The van der Waals surface area contributed by atoms with Gasteiger partial charge in [0.2, 0.25) is 15.9 Å². The second-order valence-corrected chi connectivity index (χ2v) is 10.4. The Hall–Kier alpha value is -1.40. The molecule has 0 spiro atoms. The van der Waals surface area contributed by atoms with Crippen LogP contribution in [-0.2, 0) is 21.4 Å². The first-order chi connectivity index (χ1) is 12.8. The zero-order chi connectivity index (χ0) is 19.6. The van der Waals surface area contributed by atoms with E-state index in [1.807, 2.05) is 4.90 Å². The molecule has 27 heavy (non-hydrogen) atoms. The van der Waals surface area contributed by atoms with E-state index in [0.717, 1.165) is 12.8 Å². The van der Waals surface area contributed by atoms with Crippen LogP contribution in [0.4, 0.5) is 0 Å². The van der Waals surface area contributed by atoms with Crippen LogP contribution in [0.1, 0.15) is 63.5 Å². The molecule has 1 saturated carbocycles. The van der Waals surface area contributed by atoms with Crippen molar-refractivity contribution in [2.75, 3.05) is 18.8 Å². The third-order valence-corrected chi connectivity index (χ3v) is 7.71. The molecule has 0 radical (unpaired) electrons. The third kappa shape index (κ3) is 4.91. The number of hydrogen-bond acceptors (Lipinski definition) is 3. The van der Waals surface area contributed by atoms with Crippen molar-refractivity contribution >= 4 is 15.9 Å². The topological polar surface area (TPSA) is 57.7 Å². The summed E-state index contributed by atoms with van der Waals surface area (Å²) in [4.78, 5) is 15.2. The quantitative estimate of drug-likeness (QED) is 0.715. The van der Waals surface area contributed by atoms with Crippen LogP contribution in [-0.4, -0.2) is 48.4 Å². The van der Waals surface area contributed by atoms with Crippen molar-refractivity contribution in [3.63, 3.8) is 0 Å². The smallest absolute Gasteiger partial charge is 0.226 e. The van der Waals surface area contributed by atoms with E-state index in [2.05, 4.69) is 38.1 Å². The van der Waals surface area contributed by atoms with Gasteiger partial charge in [-0.05, 0) is 49.7 Å². The van der Waals surface area contributed by atoms with E-state index >= 15 is 0 Å². The number of hydrogen-bond donors (Lipinski definition) is 0. The average Bonchev–Trinajstić information content (AvgIpc) is 3.51. The summed E-state index contributed by atoms with van der Waals surface area (Å²) in [7, 11) is -3.15. The summed E-state index contributed by atoms with van der Waals surface area (Å²) in [5.41, 5.74) is 2.48. The van der Waals surface area contributed by atoms with Crippen LogP contribution in [0.2, 0.25) is 0 Å². The number of carbonyl (C=O) groups is 1. The summed E-state index contributed by atoms with van der Waals surface area (Å²) in [6.45, 7) is 7.63. The number of carbonyl (C=O) groups excluding carboxylic acids is 1. The maximum absolute atomic E-state index is 13.1. The zero-order valence-corrected chi connectivity index (χ0v) is 17.5. The molecule has 1 heterocycles. The standard InChI is InChI=1S/C21H32N2O3S/c1-4-27(25,26)22-13-11-19(12-14-22)21(24)23(20-9-10-20)15-17-5-7-18(8-6-17)16(2)3/h5-8,16,19-20H,4,9-15H2,1-3H3. The van der Waals surface area contributed by atoms with Gasteiger partial charge < -0.3 is 4.90 Å². The van der Waals surface area contributed by atoms with Crippen molar-refractivity contribution in [3.8, 4) is 0 Å². The van der Waals surface area contributed by atoms with Crippen molar-refractivity contribution in [3.05, 3.63) is 35.4 Å². The van der Waals surface area contributed by atoms with Crippen LogP contribution in [0.25, 0.3) is 0 Å². The van der Waals surface area contributed by atoms with E-state index < -0.39 is 10.0 Å². The van der Waals surface area contributed by atoms with Crippen LogP contribution in [0.3, 0.4) is 0 Å². The number of amides is 1. The molecule has 1 amide bonds. The fourth-order valence-electron chi connectivity index (χ4n) is 3.78. The highest BCUT2D eigenvalue weighted by Gasteiger charge is 2.38. The number of rotatable bonds is 7. The van der Waals surface area contributed by atoms with Crippen LogP contribution in [0.5, 0.6) is 0 Å². The van der Waals surface area contributed by atoms with Crippen LogP contribution >= 0.6 is 0 Å². The first kappa shape index (κ1) is 20.3. The van der Waals surface area contributed by atoms with Gasteiger partial charge in [-0.2, -0.15) is 0 Å². The van der Waals surface area contributed by atoms with Crippen molar-refractivity contribution in [1.29, 1.82) is 0 Å². The molecular weight excluding hydrogens is 360 g/mol. The Balaban J connectivity index is 1.63. The number of benzene rings is 1. The molecular formula is C21H32N2O3S. The van der Waals surface area contributed by atoms with Gasteiger partial charge in [-0.1, -0.05) is 38.1 Å². The molecule has 150 valence electrons. The molecule has 6 heteroatoms. The Morgan fingerprint density at radius 2 is 1.70 bits per heavy atom. The van der Waals surface area contributed by atoms with Gasteiger partial charge in [0.05, 0.1) is 5.75 Å². The second kappa shape index (κ2) is 8.31. The van der Waals surface area contributed by atoms with Crippen molar-refractivity contribution in [1.82, 2.24) is 9.21 Å². The molecule has 0 bridgehead atoms. The van der Waals surface area contributed by atoms with Gasteiger partial charge in [0.15, 0.2) is 0 Å². The van der Waals surface area contributed by atoms with E-state index in [0.29, 0.717) is 44.4 Å². The Morgan fingerprint density at radius 1 is 1.11 bits per heavy atom. The second-order valence-electron chi connectivity index (χ2n) is 8.17. The van der Waals surface area contributed by atoms with Gasteiger partial charge in [-0.3, -0.25) is 4.79 Å². The van der Waals surface area contributed by atoms with Crippen molar-refractivity contribution < 1.29 is 13.2 Å². The third-order valence-electron chi connectivity index (χ3n) is 5.83. The number of sulfonamides is 1. The molecule has 3 rings (SSSR count). The molecule has 1 aromatic carbocycles. The molecule has 5 nitrogen and oxygen atoms in total. The van der Waals surface area contributed by atoms with Crippen LogP contribution in [0, 0.1) is 5.92 Å². The van der Waals surface area contributed by atoms with Crippen molar-refractivity contribution in [2.45, 2.75) is 65.0 Å². The first-order valence-corrected chi connectivity index (χ1v) is 11.8. The highest BCUT2D eigenvalue weighted by Crippen LogP contribution is 2.32. The Bertz CT molecular complexity index is 746. The lowest BCUT2D eigenvalue weighted by Gasteiger charge is -2.33. The van der Waals surface area contributed by atoms with Gasteiger partial charge in [-0.15, -0.1) is 0 Å². The van der Waals surface area contributed by atoms with E-state index in [4.69, 9.17) is 0 Å². The maximum atomic E-state index is 13.1. The molecule has 2 aliphatic rings. The average molecular weight is 393 g/mol. The largest absolute Gasteiger partial charge is 0.335 e. The summed E-state index contributed by atoms with van der Waals surface area (Å²) in [6.07, 6.45) is 3.43. The molecule has 0 aromatic heterocycles. The van der Waals surface area contributed by atoms with E-state index in [1.54, 1.807) is 11.2 Å². The molecule has 1 saturated heterocycles. The lowest BCUT2D eigenvalue weighted by molar-refractivity contribution is -0.138. The number of piperidine rings is 1. The molecule has 0 atom stereocenters. The van der Waals surface area contributed by atoms with Gasteiger partial charge in [0, 0.05) is 31.6 Å². The molecule has 1 aliphatic carbocycles. The minimum atomic E-state index is -3.15. The minimum Gasteiger partial charge on any atom is -0.335 e. The Morgan fingerprint density at radius 3 is 2.19 bits per heavy atom. The molecule has 2 fully saturated rings. The minimum absolute atomic E-state index is 0.0520.